The van der Waals surface area contributed by atoms with Crippen molar-refractivity contribution in [3.05, 3.63) is 36.2 Å². The largest absolute Gasteiger partial charge is 0.480 e. The van der Waals surface area contributed by atoms with E-state index in [0.717, 1.165) is 5.52 Å². The summed E-state index contributed by atoms with van der Waals surface area (Å²) >= 11 is 0. The summed E-state index contributed by atoms with van der Waals surface area (Å²) in [5, 5.41) is 11.5. The van der Waals surface area contributed by atoms with E-state index in [0.29, 0.717) is 11.2 Å². The number of carboxylic acid groups (broad SMARTS) is 1. The third-order valence-electron chi connectivity index (χ3n) is 2.82. The number of aromatic nitrogens is 2. The van der Waals surface area contributed by atoms with Crippen molar-refractivity contribution in [3.63, 3.8) is 0 Å². The van der Waals surface area contributed by atoms with Gasteiger partial charge in [-0.2, -0.15) is 0 Å². The van der Waals surface area contributed by atoms with Gasteiger partial charge in [-0.25, -0.2) is 9.78 Å². The van der Waals surface area contributed by atoms with Crippen LogP contribution in [0.25, 0.3) is 11.0 Å². The average Bonchev–Trinajstić information content (AvgIpc) is 2.46. The standard InChI is InChI=1S/C14H15N3O4/c1-21-8-13(18)17-12(14(19)20)6-9-7-15-10-4-2-3-5-11(10)16-9/h2-5,7,12H,6,8H2,1H3,(H,17,18)(H,19,20)/t12-/m0/s1. The number of aliphatic carboxylic acids is 1. The summed E-state index contributed by atoms with van der Waals surface area (Å²) in [6, 6.07) is 6.23. The van der Waals surface area contributed by atoms with Crippen LogP contribution in [0.3, 0.4) is 0 Å². The molecule has 0 saturated carbocycles. The smallest absolute Gasteiger partial charge is 0.326 e. The predicted octanol–water partition coefficient (Wildman–Crippen LogP) is 0.388. The number of carboxylic acids is 1. The van der Waals surface area contributed by atoms with E-state index >= 15 is 0 Å². The minimum atomic E-state index is -1.13. The second kappa shape index (κ2) is 6.76. The predicted molar refractivity (Wildman–Crippen MR) is 74.7 cm³/mol. The molecule has 0 aliphatic heterocycles. The third-order valence-corrected chi connectivity index (χ3v) is 2.82. The Kier molecular flexibility index (Phi) is 4.78. The Labute approximate surface area is 121 Å². The van der Waals surface area contributed by atoms with Crippen molar-refractivity contribution in [1.29, 1.82) is 0 Å². The molecule has 1 atom stereocenters. The molecule has 2 aromatic rings. The first-order chi connectivity index (χ1) is 10.1. The zero-order valence-electron chi connectivity index (χ0n) is 11.4. The fourth-order valence-electron chi connectivity index (χ4n) is 1.87. The highest BCUT2D eigenvalue weighted by Crippen LogP contribution is 2.09. The van der Waals surface area contributed by atoms with Crippen LogP contribution in [0.4, 0.5) is 0 Å². The van der Waals surface area contributed by atoms with E-state index in [2.05, 4.69) is 20.0 Å². The summed E-state index contributed by atoms with van der Waals surface area (Å²) in [4.78, 5) is 31.2. The molecule has 1 heterocycles. The Morgan fingerprint density at radius 1 is 1.33 bits per heavy atom. The minimum Gasteiger partial charge on any atom is -0.480 e. The molecule has 0 radical (unpaired) electrons. The first-order valence-electron chi connectivity index (χ1n) is 6.32. The number of ether oxygens (including phenoxy) is 1. The first-order valence-corrected chi connectivity index (χ1v) is 6.32. The Hall–Kier alpha value is -2.54. The SMILES string of the molecule is COCC(=O)N[C@@H](Cc1cnc2ccccc2n1)C(=O)O. The highest BCUT2D eigenvalue weighted by atomic mass is 16.5. The molecule has 0 spiro atoms. The highest BCUT2D eigenvalue weighted by Gasteiger charge is 2.21. The molecule has 0 saturated heterocycles. The van der Waals surface area contributed by atoms with Crippen molar-refractivity contribution in [1.82, 2.24) is 15.3 Å². The van der Waals surface area contributed by atoms with Crippen LogP contribution in [-0.2, 0) is 20.7 Å². The number of hydrogen-bond donors (Lipinski definition) is 2. The van der Waals surface area contributed by atoms with Crippen LogP contribution in [-0.4, -0.2) is 46.7 Å². The van der Waals surface area contributed by atoms with Gasteiger partial charge >= 0.3 is 5.97 Å². The molecule has 110 valence electrons. The van der Waals surface area contributed by atoms with E-state index in [9.17, 15) is 9.59 Å². The number of nitrogens with one attached hydrogen (secondary N) is 1. The highest BCUT2D eigenvalue weighted by molar-refractivity contribution is 5.84. The van der Waals surface area contributed by atoms with E-state index in [-0.39, 0.29) is 13.0 Å². The lowest BCUT2D eigenvalue weighted by Crippen LogP contribution is -2.43. The second-order valence-electron chi connectivity index (χ2n) is 4.45. The van der Waals surface area contributed by atoms with Gasteiger partial charge < -0.3 is 15.2 Å². The van der Waals surface area contributed by atoms with Gasteiger partial charge in [0.15, 0.2) is 0 Å². The van der Waals surface area contributed by atoms with Gasteiger partial charge in [0.2, 0.25) is 5.91 Å². The average molecular weight is 289 g/mol. The van der Waals surface area contributed by atoms with E-state index in [1.807, 2.05) is 18.2 Å². The van der Waals surface area contributed by atoms with Gasteiger partial charge in [-0.05, 0) is 12.1 Å². The molecule has 7 nitrogen and oxygen atoms in total. The zero-order valence-corrected chi connectivity index (χ0v) is 11.4. The van der Waals surface area contributed by atoms with Crippen molar-refractivity contribution in [3.8, 4) is 0 Å². The molecule has 1 amide bonds. The Bertz CT molecular complexity index is 659. The van der Waals surface area contributed by atoms with E-state index in [1.54, 1.807) is 6.07 Å². The molecule has 7 heteroatoms. The summed E-state index contributed by atoms with van der Waals surface area (Å²) in [5.41, 5.74) is 1.91. The molecule has 0 bridgehead atoms. The Morgan fingerprint density at radius 2 is 2.05 bits per heavy atom. The number of fused-ring (bicyclic) bond motifs is 1. The number of carbonyl (C=O) groups excluding carboxylic acids is 1. The van der Waals surface area contributed by atoms with Crippen LogP contribution in [0.15, 0.2) is 30.5 Å². The Balaban J connectivity index is 2.14. The van der Waals surface area contributed by atoms with Crippen LogP contribution in [0.2, 0.25) is 0 Å². The van der Waals surface area contributed by atoms with Crippen LogP contribution < -0.4 is 5.32 Å². The summed E-state index contributed by atoms with van der Waals surface area (Å²) in [7, 11) is 1.37. The number of para-hydroxylation sites is 2. The molecule has 0 aliphatic rings. The molecule has 0 unspecified atom stereocenters. The van der Waals surface area contributed by atoms with Gasteiger partial charge in [0.1, 0.15) is 12.6 Å². The van der Waals surface area contributed by atoms with Crippen molar-refractivity contribution in [2.24, 2.45) is 0 Å². The lowest BCUT2D eigenvalue weighted by molar-refractivity contribution is -0.142. The third kappa shape index (κ3) is 3.96. The second-order valence-corrected chi connectivity index (χ2v) is 4.45. The molecule has 21 heavy (non-hydrogen) atoms. The first kappa shape index (κ1) is 14.9. The van der Waals surface area contributed by atoms with E-state index in [1.165, 1.54) is 13.3 Å². The summed E-state index contributed by atoms with van der Waals surface area (Å²) in [6.45, 7) is -0.187. The van der Waals surface area contributed by atoms with Crippen LogP contribution in [0.1, 0.15) is 5.69 Å². The normalized spacial score (nSPS) is 12.0. The molecule has 0 aliphatic carbocycles. The number of methoxy groups -OCH3 is 1. The number of hydrogen-bond acceptors (Lipinski definition) is 5. The molecular weight excluding hydrogens is 274 g/mol. The van der Waals surface area contributed by atoms with Gasteiger partial charge in [-0.3, -0.25) is 9.78 Å². The maximum Gasteiger partial charge on any atom is 0.326 e. The molecule has 1 aromatic heterocycles. The van der Waals surface area contributed by atoms with Gasteiger partial charge in [0, 0.05) is 19.7 Å². The topological polar surface area (TPSA) is 101 Å². The number of rotatable bonds is 6. The lowest BCUT2D eigenvalue weighted by atomic mass is 10.1. The monoisotopic (exact) mass is 289 g/mol. The molecule has 0 fully saturated rings. The molecule has 1 aromatic carbocycles. The van der Waals surface area contributed by atoms with Crippen molar-refractivity contribution in [2.75, 3.05) is 13.7 Å². The number of amides is 1. The summed E-state index contributed by atoms with van der Waals surface area (Å²) in [6.07, 6.45) is 1.57. The van der Waals surface area contributed by atoms with Crippen molar-refractivity contribution in [2.45, 2.75) is 12.5 Å². The van der Waals surface area contributed by atoms with Crippen molar-refractivity contribution >= 4 is 22.9 Å². The number of nitrogens with zero attached hydrogens (tertiary/aromatic N) is 2. The quantitative estimate of drug-likeness (QED) is 0.797. The van der Waals surface area contributed by atoms with Crippen LogP contribution in [0, 0.1) is 0 Å². The van der Waals surface area contributed by atoms with Crippen LogP contribution >= 0.6 is 0 Å². The van der Waals surface area contributed by atoms with Gasteiger partial charge in [0.25, 0.3) is 0 Å². The summed E-state index contributed by atoms with van der Waals surface area (Å²) < 4.78 is 4.66. The van der Waals surface area contributed by atoms with E-state index in [4.69, 9.17) is 5.11 Å². The number of benzene rings is 1. The lowest BCUT2D eigenvalue weighted by Gasteiger charge is -2.13. The molecule has 2 N–H and O–H groups in total. The maximum absolute atomic E-state index is 11.4. The minimum absolute atomic E-state index is 0.0582. The van der Waals surface area contributed by atoms with Gasteiger partial charge in [0.05, 0.1) is 16.7 Å². The van der Waals surface area contributed by atoms with Gasteiger partial charge in [-0.1, -0.05) is 12.1 Å². The zero-order chi connectivity index (χ0) is 15.2. The number of carbonyl (C=O) groups is 2. The Morgan fingerprint density at radius 3 is 2.71 bits per heavy atom. The maximum atomic E-state index is 11.4. The fraction of sp³-hybridized carbons (Fsp3) is 0.286. The fourth-order valence-corrected chi connectivity index (χ4v) is 1.87. The van der Waals surface area contributed by atoms with Crippen molar-refractivity contribution < 1.29 is 19.4 Å². The van der Waals surface area contributed by atoms with Gasteiger partial charge in [-0.15, -0.1) is 0 Å². The molecular formula is C14H15N3O4. The molecule has 2 rings (SSSR count). The van der Waals surface area contributed by atoms with E-state index < -0.39 is 17.9 Å². The van der Waals surface area contributed by atoms with Crippen LogP contribution in [0.5, 0.6) is 0 Å². The summed E-state index contributed by atoms with van der Waals surface area (Å²) in [5.74, 6) is -1.62.